The number of para-hydroxylation sites is 5. The summed E-state index contributed by atoms with van der Waals surface area (Å²) >= 11 is 0. The summed E-state index contributed by atoms with van der Waals surface area (Å²) in [5, 5.41) is 7.54. The van der Waals surface area contributed by atoms with Crippen molar-refractivity contribution in [3.05, 3.63) is 212 Å². The molecule has 0 aliphatic rings. The SMILES string of the molecule is c1ccc(-c2ccc3c(c2)c2cc(-c4ccccc4-n4c5ccccc5c5c6c7ccccc7n(-c7ccccc7)c6ccc54)ccc2n3-c2ccccc2)cc1. The van der Waals surface area contributed by atoms with E-state index in [-0.39, 0.29) is 0 Å². The summed E-state index contributed by atoms with van der Waals surface area (Å²) in [7, 11) is 0. The zero-order valence-corrected chi connectivity index (χ0v) is 31.0. The molecule has 0 aliphatic heterocycles. The van der Waals surface area contributed by atoms with Crippen LogP contribution in [-0.2, 0) is 0 Å². The van der Waals surface area contributed by atoms with E-state index in [0.29, 0.717) is 0 Å². The molecule has 0 amide bonds. The highest BCUT2D eigenvalue weighted by molar-refractivity contribution is 6.29. The lowest BCUT2D eigenvalue weighted by atomic mass is 9.99. The topological polar surface area (TPSA) is 14.8 Å². The third-order valence-corrected chi connectivity index (χ3v) is 11.8. The average Bonchev–Trinajstić information content (AvgIpc) is 3.92. The van der Waals surface area contributed by atoms with Crippen molar-refractivity contribution < 1.29 is 0 Å². The van der Waals surface area contributed by atoms with Crippen LogP contribution in [0.5, 0.6) is 0 Å². The van der Waals surface area contributed by atoms with Gasteiger partial charge in [0.05, 0.1) is 38.8 Å². The Morgan fingerprint density at radius 1 is 0.246 bits per heavy atom. The van der Waals surface area contributed by atoms with Crippen molar-refractivity contribution in [2.75, 3.05) is 0 Å². The van der Waals surface area contributed by atoms with Gasteiger partial charge in [-0.3, -0.25) is 0 Å². The summed E-state index contributed by atoms with van der Waals surface area (Å²) in [5.74, 6) is 0. The quantitative estimate of drug-likeness (QED) is 0.168. The molecular weight excluding hydrogens is 691 g/mol. The second-order valence-corrected chi connectivity index (χ2v) is 14.9. The van der Waals surface area contributed by atoms with Crippen LogP contribution in [0, 0.1) is 0 Å². The standard InChI is InChI=1S/C54H35N3/c1-4-16-36(17-5-1)37-28-30-49-44(34-37)45-35-38(29-31-50(45)55(49)39-18-6-2-7-19-39)41-22-10-13-25-46(41)57-48-27-15-12-24-43(48)54-52(57)33-32-51-53(54)42-23-11-14-26-47(42)56(51)40-20-8-3-9-21-40/h1-35H. The molecule has 3 nitrogen and oxygen atoms in total. The van der Waals surface area contributed by atoms with E-state index in [9.17, 15) is 0 Å². The van der Waals surface area contributed by atoms with Crippen molar-refractivity contribution in [1.82, 2.24) is 13.7 Å². The van der Waals surface area contributed by atoms with E-state index < -0.39 is 0 Å². The molecule has 0 N–H and O–H groups in total. The van der Waals surface area contributed by atoms with Gasteiger partial charge in [-0.25, -0.2) is 0 Å². The van der Waals surface area contributed by atoms with E-state index >= 15 is 0 Å². The van der Waals surface area contributed by atoms with Gasteiger partial charge in [0.25, 0.3) is 0 Å². The first-order valence-corrected chi connectivity index (χ1v) is 19.6. The van der Waals surface area contributed by atoms with E-state index in [1.54, 1.807) is 0 Å². The summed E-state index contributed by atoms with van der Waals surface area (Å²) in [4.78, 5) is 0. The molecule has 9 aromatic carbocycles. The van der Waals surface area contributed by atoms with Crippen LogP contribution in [-0.4, -0.2) is 13.7 Å². The van der Waals surface area contributed by atoms with Gasteiger partial charge in [-0.1, -0.05) is 133 Å². The van der Waals surface area contributed by atoms with Crippen LogP contribution < -0.4 is 0 Å². The van der Waals surface area contributed by atoms with Crippen molar-refractivity contribution >= 4 is 65.4 Å². The van der Waals surface area contributed by atoms with E-state index in [0.717, 1.165) is 17.1 Å². The van der Waals surface area contributed by atoms with Crippen LogP contribution in [0.1, 0.15) is 0 Å². The first-order valence-electron chi connectivity index (χ1n) is 19.6. The molecule has 12 aromatic rings. The van der Waals surface area contributed by atoms with Crippen LogP contribution in [0.25, 0.3) is 105 Å². The predicted molar refractivity (Wildman–Crippen MR) is 240 cm³/mol. The van der Waals surface area contributed by atoms with Gasteiger partial charge in [0, 0.05) is 49.3 Å². The van der Waals surface area contributed by atoms with Gasteiger partial charge >= 0.3 is 0 Å². The molecule has 12 rings (SSSR count). The lowest BCUT2D eigenvalue weighted by Crippen LogP contribution is -1.97. The summed E-state index contributed by atoms with van der Waals surface area (Å²) in [6, 6.07) is 77.4. The predicted octanol–water partition coefficient (Wildman–Crippen LogP) is 14.3. The molecule has 0 radical (unpaired) electrons. The second-order valence-electron chi connectivity index (χ2n) is 14.9. The number of rotatable bonds is 5. The molecule has 3 aromatic heterocycles. The summed E-state index contributed by atoms with van der Waals surface area (Å²) in [5.41, 5.74) is 15.5. The molecule has 0 saturated carbocycles. The minimum Gasteiger partial charge on any atom is -0.309 e. The van der Waals surface area contributed by atoms with Crippen LogP contribution in [0.3, 0.4) is 0 Å². The Labute approximate surface area is 329 Å². The number of nitrogens with zero attached hydrogens (tertiary/aromatic N) is 3. The van der Waals surface area contributed by atoms with Crippen LogP contribution >= 0.6 is 0 Å². The Hall–Kier alpha value is -7.62. The van der Waals surface area contributed by atoms with Gasteiger partial charge in [0.2, 0.25) is 0 Å². The van der Waals surface area contributed by atoms with Gasteiger partial charge in [0.15, 0.2) is 0 Å². The third-order valence-electron chi connectivity index (χ3n) is 11.8. The third kappa shape index (κ3) is 4.73. The van der Waals surface area contributed by atoms with Gasteiger partial charge in [-0.05, 0) is 95.6 Å². The molecule has 57 heavy (non-hydrogen) atoms. The summed E-state index contributed by atoms with van der Waals surface area (Å²) in [6.45, 7) is 0. The fraction of sp³-hybridized carbons (Fsp3) is 0. The minimum atomic E-state index is 1.16. The molecular formula is C54H35N3. The second kappa shape index (κ2) is 12.5. The fourth-order valence-corrected chi connectivity index (χ4v) is 9.40. The lowest BCUT2D eigenvalue weighted by Gasteiger charge is -2.15. The molecule has 0 bridgehead atoms. The highest BCUT2D eigenvalue weighted by atomic mass is 15.0. The Morgan fingerprint density at radius 3 is 1.30 bits per heavy atom. The molecule has 3 heterocycles. The van der Waals surface area contributed by atoms with Crippen molar-refractivity contribution in [1.29, 1.82) is 0 Å². The monoisotopic (exact) mass is 725 g/mol. The molecule has 0 atom stereocenters. The zero-order chi connectivity index (χ0) is 37.5. The van der Waals surface area contributed by atoms with E-state index in [1.807, 2.05) is 0 Å². The van der Waals surface area contributed by atoms with Crippen molar-refractivity contribution in [2.45, 2.75) is 0 Å². The van der Waals surface area contributed by atoms with Crippen LogP contribution in [0.2, 0.25) is 0 Å². The first kappa shape index (κ1) is 31.7. The number of hydrogen-bond donors (Lipinski definition) is 0. The molecule has 0 fully saturated rings. The molecule has 0 saturated heterocycles. The molecule has 0 aliphatic carbocycles. The van der Waals surface area contributed by atoms with Gasteiger partial charge < -0.3 is 13.7 Å². The number of benzene rings is 9. The fourth-order valence-electron chi connectivity index (χ4n) is 9.40. The van der Waals surface area contributed by atoms with E-state index in [4.69, 9.17) is 0 Å². The summed E-state index contributed by atoms with van der Waals surface area (Å²) < 4.78 is 7.30. The van der Waals surface area contributed by atoms with Crippen molar-refractivity contribution in [2.24, 2.45) is 0 Å². The van der Waals surface area contributed by atoms with E-state index in [1.165, 1.54) is 87.7 Å². The van der Waals surface area contributed by atoms with Gasteiger partial charge in [-0.2, -0.15) is 0 Å². The van der Waals surface area contributed by atoms with Crippen molar-refractivity contribution in [3.63, 3.8) is 0 Å². The molecule has 266 valence electrons. The van der Waals surface area contributed by atoms with Crippen LogP contribution in [0.15, 0.2) is 212 Å². The Morgan fingerprint density at radius 2 is 0.667 bits per heavy atom. The highest BCUT2D eigenvalue weighted by Gasteiger charge is 2.22. The van der Waals surface area contributed by atoms with Gasteiger partial charge in [0.1, 0.15) is 0 Å². The Balaban J connectivity index is 1.13. The smallest absolute Gasteiger partial charge is 0.0549 e. The number of hydrogen-bond acceptors (Lipinski definition) is 0. The highest BCUT2D eigenvalue weighted by Crippen LogP contribution is 2.44. The zero-order valence-electron chi connectivity index (χ0n) is 31.0. The molecule has 3 heteroatoms. The molecule has 0 spiro atoms. The van der Waals surface area contributed by atoms with E-state index in [2.05, 4.69) is 226 Å². The number of fused-ring (bicyclic) bond motifs is 10. The first-order chi connectivity index (χ1) is 28.3. The maximum absolute atomic E-state index is 2.49. The Bertz CT molecular complexity index is 3500. The Kier molecular flexibility index (Phi) is 6.93. The number of aromatic nitrogens is 3. The molecule has 0 unspecified atom stereocenters. The maximum Gasteiger partial charge on any atom is 0.0549 e. The van der Waals surface area contributed by atoms with Gasteiger partial charge in [-0.15, -0.1) is 0 Å². The average molecular weight is 726 g/mol. The van der Waals surface area contributed by atoms with Crippen LogP contribution in [0.4, 0.5) is 0 Å². The summed E-state index contributed by atoms with van der Waals surface area (Å²) in [6.07, 6.45) is 0. The maximum atomic E-state index is 2.49. The normalized spacial score (nSPS) is 11.9. The lowest BCUT2D eigenvalue weighted by molar-refractivity contribution is 1.17. The largest absolute Gasteiger partial charge is 0.309 e. The minimum absolute atomic E-state index is 1.16. The van der Waals surface area contributed by atoms with Crippen molar-refractivity contribution in [3.8, 4) is 39.3 Å².